The molecule has 0 unspecified atom stereocenters. The number of nitriles is 1. The van der Waals surface area contributed by atoms with E-state index in [0.29, 0.717) is 17.1 Å². The fraction of sp³-hybridized carbons (Fsp3) is 0.154. The first-order valence-electron chi connectivity index (χ1n) is 10.2. The van der Waals surface area contributed by atoms with E-state index in [0.717, 1.165) is 5.56 Å². The molecule has 32 heavy (non-hydrogen) atoms. The van der Waals surface area contributed by atoms with Crippen molar-refractivity contribution in [3.05, 3.63) is 90.3 Å². The van der Waals surface area contributed by atoms with E-state index in [2.05, 4.69) is 28.2 Å². The second kappa shape index (κ2) is 11.7. The van der Waals surface area contributed by atoms with Gasteiger partial charge < -0.3 is 10.2 Å². The zero-order valence-electron chi connectivity index (χ0n) is 17.5. The van der Waals surface area contributed by atoms with Crippen molar-refractivity contribution in [1.82, 2.24) is 4.98 Å². The van der Waals surface area contributed by atoms with Gasteiger partial charge in [0.15, 0.2) is 0 Å². The lowest BCUT2D eigenvalue weighted by molar-refractivity contribution is -0.122. The molecule has 6 heteroatoms. The molecule has 0 aliphatic carbocycles. The Balaban J connectivity index is 1.58. The molecular weight excluding hydrogens is 400 g/mol. The average Bonchev–Trinajstić information content (AvgIpc) is 2.83. The van der Waals surface area contributed by atoms with Crippen molar-refractivity contribution in [3.8, 4) is 17.9 Å². The Kier molecular flexibility index (Phi) is 8.13. The summed E-state index contributed by atoms with van der Waals surface area (Å²) in [6, 6.07) is 23.9. The van der Waals surface area contributed by atoms with E-state index in [9.17, 15) is 9.59 Å². The second-order valence-corrected chi connectivity index (χ2v) is 6.88. The van der Waals surface area contributed by atoms with E-state index in [4.69, 9.17) is 5.26 Å². The highest BCUT2D eigenvalue weighted by molar-refractivity contribution is 5.98. The third-order valence-corrected chi connectivity index (χ3v) is 4.53. The topological polar surface area (TPSA) is 86.1 Å². The lowest BCUT2D eigenvalue weighted by atomic mass is 10.2. The molecule has 2 amide bonds. The molecule has 1 heterocycles. The summed E-state index contributed by atoms with van der Waals surface area (Å²) in [6.07, 6.45) is 1.99. The molecule has 0 fully saturated rings. The molecule has 0 atom stereocenters. The van der Waals surface area contributed by atoms with Crippen molar-refractivity contribution < 1.29 is 9.59 Å². The zero-order chi connectivity index (χ0) is 22.6. The average molecular weight is 422 g/mol. The van der Waals surface area contributed by atoms with E-state index >= 15 is 0 Å². The highest BCUT2D eigenvalue weighted by Crippen LogP contribution is 2.16. The quantitative estimate of drug-likeness (QED) is 0.580. The van der Waals surface area contributed by atoms with Crippen LogP contribution in [0.5, 0.6) is 0 Å². The number of anilines is 2. The number of amides is 2. The summed E-state index contributed by atoms with van der Waals surface area (Å²) < 4.78 is 0. The SMILES string of the molecule is N#CCCN(C(=O)CCC(=O)Nc1cccc(C#Cc2ccccn2)c1)c1ccccc1. The molecular formula is C26H22N4O2. The first-order valence-corrected chi connectivity index (χ1v) is 10.2. The first-order chi connectivity index (χ1) is 15.7. The number of pyridine rings is 1. The molecule has 1 aromatic heterocycles. The lowest BCUT2D eigenvalue weighted by Gasteiger charge is -2.21. The van der Waals surface area contributed by atoms with Crippen molar-refractivity contribution in [2.24, 2.45) is 0 Å². The van der Waals surface area contributed by atoms with E-state index in [-0.39, 0.29) is 37.6 Å². The van der Waals surface area contributed by atoms with Gasteiger partial charge in [0.2, 0.25) is 11.8 Å². The van der Waals surface area contributed by atoms with Crippen LogP contribution in [0.25, 0.3) is 0 Å². The predicted octanol–water partition coefficient (Wildman–Crippen LogP) is 4.15. The van der Waals surface area contributed by atoms with Gasteiger partial charge in [-0.15, -0.1) is 0 Å². The summed E-state index contributed by atoms with van der Waals surface area (Å²) in [5.74, 6) is 5.55. The molecule has 0 aliphatic heterocycles. The van der Waals surface area contributed by atoms with Gasteiger partial charge in [-0.05, 0) is 48.4 Å². The number of benzene rings is 2. The van der Waals surface area contributed by atoms with Gasteiger partial charge in [0.1, 0.15) is 5.69 Å². The zero-order valence-corrected chi connectivity index (χ0v) is 17.5. The summed E-state index contributed by atoms with van der Waals surface area (Å²) in [6.45, 7) is 0.290. The van der Waals surface area contributed by atoms with Crippen LogP contribution in [0, 0.1) is 23.2 Å². The third kappa shape index (κ3) is 6.83. The molecule has 2 aromatic carbocycles. The van der Waals surface area contributed by atoms with E-state index in [1.807, 2.05) is 60.7 Å². The van der Waals surface area contributed by atoms with E-state index in [1.54, 1.807) is 23.2 Å². The van der Waals surface area contributed by atoms with Crippen molar-refractivity contribution >= 4 is 23.2 Å². The first kappa shape index (κ1) is 22.3. The van der Waals surface area contributed by atoms with Gasteiger partial charge in [0.05, 0.1) is 12.5 Å². The van der Waals surface area contributed by atoms with Crippen LogP contribution in [0.4, 0.5) is 11.4 Å². The molecule has 0 saturated carbocycles. The minimum absolute atomic E-state index is 0.0402. The Morgan fingerprint density at radius 3 is 2.50 bits per heavy atom. The number of hydrogen-bond acceptors (Lipinski definition) is 4. The minimum Gasteiger partial charge on any atom is -0.326 e. The monoisotopic (exact) mass is 422 g/mol. The summed E-state index contributed by atoms with van der Waals surface area (Å²) in [5, 5.41) is 11.7. The summed E-state index contributed by atoms with van der Waals surface area (Å²) in [4.78, 5) is 30.8. The van der Waals surface area contributed by atoms with Gasteiger partial charge >= 0.3 is 0 Å². The van der Waals surface area contributed by atoms with Crippen molar-refractivity contribution in [2.45, 2.75) is 19.3 Å². The summed E-state index contributed by atoms with van der Waals surface area (Å²) in [5.41, 5.74) is 2.74. The van der Waals surface area contributed by atoms with Crippen LogP contribution in [0.15, 0.2) is 79.0 Å². The van der Waals surface area contributed by atoms with Gasteiger partial charge in [0.25, 0.3) is 0 Å². The van der Waals surface area contributed by atoms with Gasteiger partial charge in [-0.3, -0.25) is 9.59 Å². The highest BCUT2D eigenvalue weighted by atomic mass is 16.2. The van der Waals surface area contributed by atoms with Crippen molar-refractivity contribution in [2.75, 3.05) is 16.8 Å². The number of rotatable bonds is 7. The Hall–Kier alpha value is -4.42. The van der Waals surface area contributed by atoms with Crippen LogP contribution >= 0.6 is 0 Å². The van der Waals surface area contributed by atoms with Gasteiger partial charge in [0, 0.05) is 42.5 Å². The number of nitrogens with zero attached hydrogens (tertiary/aromatic N) is 3. The molecule has 3 rings (SSSR count). The maximum atomic E-state index is 12.7. The summed E-state index contributed by atoms with van der Waals surface area (Å²) >= 11 is 0. The second-order valence-electron chi connectivity index (χ2n) is 6.88. The maximum absolute atomic E-state index is 12.7. The van der Waals surface area contributed by atoms with E-state index in [1.165, 1.54) is 0 Å². The van der Waals surface area contributed by atoms with Gasteiger partial charge in [-0.2, -0.15) is 5.26 Å². The molecule has 6 nitrogen and oxygen atoms in total. The Morgan fingerprint density at radius 1 is 0.938 bits per heavy atom. The highest BCUT2D eigenvalue weighted by Gasteiger charge is 2.16. The van der Waals surface area contributed by atoms with Crippen LogP contribution in [-0.4, -0.2) is 23.3 Å². The standard InChI is InChI=1S/C26H22N4O2/c27-17-7-19-30(24-11-2-1-3-12-24)26(32)16-15-25(31)29-23-10-6-8-21(20-23)13-14-22-9-4-5-18-28-22/h1-6,8-12,18,20H,7,15-16,19H2,(H,29,31). The fourth-order valence-electron chi connectivity index (χ4n) is 2.99. The third-order valence-electron chi connectivity index (χ3n) is 4.53. The molecule has 3 aromatic rings. The normalized spacial score (nSPS) is 9.72. The fourth-order valence-corrected chi connectivity index (χ4v) is 2.99. The van der Waals surface area contributed by atoms with Crippen molar-refractivity contribution in [1.29, 1.82) is 5.26 Å². The van der Waals surface area contributed by atoms with Crippen LogP contribution in [0.2, 0.25) is 0 Å². The number of carbonyl (C=O) groups excluding carboxylic acids is 2. The predicted molar refractivity (Wildman–Crippen MR) is 124 cm³/mol. The molecule has 0 bridgehead atoms. The Labute approximate surface area is 187 Å². The van der Waals surface area contributed by atoms with Gasteiger partial charge in [-0.1, -0.05) is 36.3 Å². The molecule has 0 saturated heterocycles. The van der Waals surface area contributed by atoms with Crippen LogP contribution in [0.3, 0.4) is 0 Å². The smallest absolute Gasteiger partial charge is 0.227 e. The number of carbonyl (C=O) groups is 2. The molecule has 0 aliphatic rings. The Morgan fingerprint density at radius 2 is 1.75 bits per heavy atom. The summed E-state index contributed by atoms with van der Waals surface area (Å²) in [7, 11) is 0. The maximum Gasteiger partial charge on any atom is 0.227 e. The lowest BCUT2D eigenvalue weighted by Crippen LogP contribution is -2.32. The van der Waals surface area contributed by atoms with Gasteiger partial charge in [-0.25, -0.2) is 4.98 Å². The number of para-hydroxylation sites is 1. The number of nitrogens with one attached hydrogen (secondary N) is 1. The van der Waals surface area contributed by atoms with Crippen LogP contribution < -0.4 is 10.2 Å². The van der Waals surface area contributed by atoms with Crippen LogP contribution in [0.1, 0.15) is 30.5 Å². The largest absolute Gasteiger partial charge is 0.326 e. The number of aromatic nitrogens is 1. The molecule has 158 valence electrons. The van der Waals surface area contributed by atoms with E-state index < -0.39 is 0 Å². The molecule has 0 radical (unpaired) electrons. The molecule has 1 N–H and O–H groups in total. The minimum atomic E-state index is -0.263. The molecule has 0 spiro atoms. The Bertz CT molecular complexity index is 1160. The number of hydrogen-bond donors (Lipinski definition) is 1. The van der Waals surface area contributed by atoms with Crippen LogP contribution in [-0.2, 0) is 9.59 Å². The van der Waals surface area contributed by atoms with Crippen molar-refractivity contribution in [3.63, 3.8) is 0 Å².